The number of rotatable bonds is 4. The zero-order chi connectivity index (χ0) is 21.6. The van der Waals surface area contributed by atoms with Crippen LogP contribution >= 0.6 is 0 Å². The van der Waals surface area contributed by atoms with E-state index in [1.54, 1.807) is 25.3 Å². The number of benzene rings is 1. The molecule has 1 aliphatic heterocycles. The molecule has 1 atom stereocenters. The van der Waals surface area contributed by atoms with Gasteiger partial charge in [-0.2, -0.15) is 5.10 Å². The van der Waals surface area contributed by atoms with Crippen molar-refractivity contribution in [3.05, 3.63) is 66.0 Å². The molecule has 1 unspecified atom stereocenters. The smallest absolute Gasteiger partial charge is 0.331 e. The van der Waals surface area contributed by atoms with Gasteiger partial charge in [-0.25, -0.2) is 4.79 Å². The number of carbonyl (C=O) groups is 2. The number of hydrogen-bond acceptors (Lipinski definition) is 5. The first-order chi connectivity index (χ1) is 14.4. The van der Waals surface area contributed by atoms with Crippen molar-refractivity contribution in [3.8, 4) is 11.3 Å². The molecule has 0 radical (unpaired) electrons. The minimum Gasteiger partial charge on any atom is -0.481 e. The van der Waals surface area contributed by atoms with Crippen molar-refractivity contribution in [2.24, 2.45) is 5.41 Å². The van der Waals surface area contributed by atoms with Gasteiger partial charge in [0.25, 0.3) is 0 Å². The highest BCUT2D eigenvalue weighted by Crippen LogP contribution is 2.35. The second-order valence-corrected chi connectivity index (χ2v) is 7.52. The van der Waals surface area contributed by atoms with Crippen LogP contribution in [0.25, 0.3) is 11.3 Å². The maximum Gasteiger partial charge on any atom is 0.331 e. The van der Waals surface area contributed by atoms with Crippen molar-refractivity contribution in [3.63, 3.8) is 0 Å². The molecule has 1 saturated heterocycles. The van der Waals surface area contributed by atoms with E-state index in [4.69, 9.17) is 5.11 Å². The summed E-state index contributed by atoms with van der Waals surface area (Å²) in [5.41, 5.74) is 1.94. The average Bonchev–Trinajstić information content (AvgIpc) is 3.30. The van der Waals surface area contributed by atoms with Crippen LogP contribution in [0.5, 0.6) is 0 Å². The lowest BCUT2D eigenvalue weighted by Crippen LogP contribution is -2.44. The third kappa shape index (κ3) is 5.15. The number of H-pyrrole nitrogens is 1. The minimum absolute atomic E-state index is 0.0211. The molecular weight excluding hydrogens is 384 g/mol. The summed E-state index contributed by atoms with van der Waals surface area (Å²) in [6.45, 7) is 4.71. The van der Waals surface area contributed by atoms with Gasteiger partial charge in [0.1, 0.15) is 0 Å². The van der Waals surface area contributed by atoms with Gasteiger partial charge in [-0.3, -0.25) is 9.89 Å². The Morgan fingerprint density at radius 3 is 2.37 bits per heavy atom. The highest BCUT2D eigenvalue weighted by molar-refractivity contribution is 5.90. The van der Waals surface area contributed by atoms with Gasteiger partial charge < -0.3 is 20.4 Å². The standard InChI is InChI=1S/C13H18N2O4.C9H8N2/c1-13(12(18)19)7-9(11(16)17)6-10(8-13)15-4-2-14-3-5-15;1-2-4-8(5-3-1)9-6-7-10-11-9/h6,8,14H,2-5,7H2,1H3,(H,16,17)(H,18,19);1-7H,(H,10,11). The molecule has 1 aromatic carbocycles. The van der Waals surface area contributed by atoms with Gasteiger partial charge in [0, 0.05) is 43.6 Å². The van der Waals surface area contributed by atoms with E-state index in [2.05, 4.69) is 15.5 Å². The van der Waals surface area contributed by atoms with Crippen LogP contribution in [0.15, 0.2) is 66.0 Å². The van der Waals surface area contributed by atoms with Crippen LogP contribution in [-0.4, -0.2) is 63.4 Å². The zero-order valence-electron chi connectivity index (χ0n) is 16.8. The number of aromatic amines is 1. The third-order valence-electron chi connectivity index (χ3n) is 5.18. The van der Waals surface area contributed by atoms with Crippen molar-refractivity contribution in [2.75, 3.05) is 26.2 Å². The van der Waals surface area contributed by atoms with E-state index in [0.717, 1.165) is 31.9 Å². The molecule has 8 nitrogen and oxygen atoms in total. The van der Waals surface area contributed by atoms with Crippen LogP contribution in [0.2, 0.25) is 0 Å². The van der Waals surface area contributed by atoms with Gasteiger partial charge in [0.15, 0.2) is 0 Å². The molecule has 0 saturated carbocycles. The van der Waals surface area contributed by atoms with E-state index in [-0.39, 0.29) is 12.0 Å². The topological polar surface area (TPSA) is 119 Å². The average molecular weight is 410 g/mol. The quantitative estimate of drug-likeness (QED) is 0.611. The molecular formula is C22H26N4O4. The number of piperazine rings is 1. The number of aromatic nitrogens is 2. The summed E-state index contributed by atoms with van der Waals surface area (Å²) in [5, 5.41) is 28.5. The molecule has 2 aromatic rings. The Bertz CT molecular complexity index is 931. The first-order valence-corrected chi connectivity index (χ1v) is 9.79. The molecule has 2 aliphatic rings. The minimum atomic E-state index is -1.15. The predicted molar refractivity (Wildman–Crippen MR) is 113 cm³/mol. The Morgan fingerprint density at radius 2 is 1.80 bits per heavy atom. The molecule has 158 valence electrons. The van der Waals surface area contributed by atoms with E-state index >= 15 is 0 Å². The molecule has 4 N–H and O–H groups in total. The molecule has 1 aliphatic carbocycles. The Balaban J connectivity index is 0.000000196. The fraction of sp³-hybridized carbons (Fsp3) is 0.318. The van der Waals surface area contributed by atoms with Gasteiger partial charge >= 0.3 is 11.9 Å². The van der Waals surface area contributed by atoms with Crippen LogP contribution in [0.4, 0.5) is 0 Å². The van der Waals surface area contributed by atoms with Crippen LogP contribution < -0.4 is 5.32 Å². The molecule has 4 rings (SSSR count). The van der Waals surface area contributed by atoms with Crippen molar-refractivity contribution < 1.29 is 19.8 Å². The first kappa shape index (κ1) is 21.3. The summed E-state index contributed by atoms with van der Waals surface area (Å²) in [6, 6.07) is 12.1. The van der Waals surface area contributed by atoms with E-state index in [1.807, 2.05) is 41.3 Å². The number of aliphatic carboxylic acids is 2. The van der Waals surface area contributed by atoms with Crippen molar-refractivity contribution in [2.45, 2.75) is 13.3 Å². The third-order valence-corrected chi connectivity index (χ3v) is 5.18. The van der Waals surface area contributed by atoms with Gasteiger partial charge in [0.05, 0.1) is 11.1 Å². The molecule has 8 heteroatoms. The summed E-state index contributed by atoms with van der Waals surface area (Å²) >= 11 is 0. The number of carboxylic acids is 2. The maximum absolute atomic E-state index is 11.4. The monoisotopic (exact) mass is 410 g/mol. The number of nitrogens with one attached hydrogen (secondary N) is 2. The van der Waals surface area contributed by atoms with Crippen LogP contribution in [0.3, 0.4) is 0 Å². The van der Waals surface area contributed by atoms with Crippen molar-refractivity contribution in [1.82, 2.24) is 20.4 Å². The Kier molecular flexibility index (Phi) is 6.68. The Morgan fingerprint density at radius 1 is 1.10 bits per heavy atom. The summed E-state index contributed by atoms with van der Waals surface area (Å²) in [7, 11) is 0. The summed E-state index contributed by atoms with van der Waals surface area (Å²) in [4.78, 5) is 24.6. The molecule has 0 spiro atoms. The zero-order valence-corrected chi connectivity index (χ0v) is 16.8. The molecule has 1 aromatic heterocycles. The normalized spacial score (nSPS) is 21.0. The molecule has 30 heavy (non-hydrogen) atoms. The van der Waals surface area contributed by atoms with Gasteiger partial charge in [-0.05, 0) is 37.1 Å². The summed E-state index contributed by atoms with van der Waals surface area (Å²) in [5.74, 6) is -2.04. The highest BCUT2D eigenvalue weighted by Gasteiger charge is 2.37. The number of carboxylic acid groups (broad SMARTS) is 2. The summed E-state index contributed by atoms with van der Waals surface area (Å²) in [6.07, 6.45) is 5.04. The van der Waals surface area contributed by atoms with Gasteiger partial charge in [0.2, 0.25) is 0 Å². The first-order valence-electron chi connectivity index (χ1n) is 9.79. The number of allylic oxidation sites excluding steroid dienone is 1. The van der Waals surface area contributed by atoms with E-state index in [9.17, 15) is 14.7 Å². The Labute approximate surface area is 174 Å². The van der Waals surface area contributed by atoms with Gasteiger partial charge in [-0.1, -0.05) is 30.3 Å². The second kappa shape index (κ2) is 9.41. The lowest BCUT2D eigenvalue weighted by Gasteiger charge is -2.35. The number of nitrogens with zero attached hydrogens (tertiary/aromatic N) is 2. The van der Waals surface area contributed by atoms with Crippen molar-refractivity contribution >= 4 is 11.9 Å². The maximum atomic E-state index is 11.4. The largest absolute Gasteiger partial charge is 0.481 e. The van der Waals surface area contributed by atoms with Crippen LogP contribution in [-0.2, 0) is 9.59 Å². The summed E-state index contributed by atoms with van der Waals surface area (Å²) < 4.78 is 0. The van der Waals surface area contributed by atoms with E-state index < -0.39 is 17.4 Å². The van der Waals surface area contributed by atoms with Crippen LogP contribution in [0, 0.1) is 5.41 Å². The molecule has 0 amide bonds. The lowest BCUT2D eigenvalue weighted by atomic mass is 9.79. The number of hydrogen-bond donors (Lipinski definition) is 4. The van der Waals surface area contributed by atoms with Crippen molar-refractivity contribution in [1.29, 1.82) is 0 Å². The fourth-order valence-electron chi connectivity index (χ4n) is 3.46. The second-order valence-electron chi connectivity index (χ2n) is 7.52. The molecule has 0 bridgehead atoms. The molecule has 1 fully saturated rings. The van der Waals surface area contributed by atoms with Gasteiger partial charge in [-0.15, -0.1) is 0 Å². The van der Waals surface area contributed by atoms with Crippen LogP contribution in [0.1, 0.15) is 13.3 Å². The van der Waals surface area contributed by atoms with E-state index in [0.29, 0.717) is 5.70 Å². The fourth-order valence-corrected chi connectivity index (χ4v) is 3.46. The predicted octanol–water partition coefficient (Wildman–Crippen LogP) is 2.36. The molecule has 2 heterocycles. The Hall–Kier alpha value is -3.39. The van der Waals surface area contributed by atoms with E-state index in [1.165, 1.54) is 5.56 Å². The lowest BCUT2D eigenvalue weighted by molar-refractivity contribution is -0.145. The SMILES string of the molecule is CC1(C(=O)O)C=C(N2CCNCC2)C=C(C(=O)O)C1.c1ccc(-c2ccn[nH]2)cc1. The highest BCUT2D eigenvalue weighted by atomic mass is 16.4.